The lowest BCUT2D eigenvalue weighted by Crippen LogP contribution is -2.31. The minimum absolute atomic E-state index is 0.00488. The zero-order valence-corrected chi connectivity index (χ0v) is 86.5. The van der Waals surface area contributed by atoms with E-state index in [9.17, 15) is 50.3 Å². The quantitative estimate of drug-likeness (QED) is 0.0410. The van der Waals surface area contributed by atoms with Gasteiger partial charge in [0.05, 0.1) is 29.2 Å². The maximum absolute atomic E-state index is 14.8. The molecule has 25 nitrogen and oxygen atoms in total. The number of allylic oxidation sites excluding steroid dienone is 3. The van der Waals surface area contributed by atoms with Crippen LogP contribution < -0.4 is 21.3 Å². The number of aromatic nitrogens is 8. The Morgan fingerprint density at radius 3 is 0.873 bits per heavy atom. The van der Waals surface area contributed by atoms with Crippen molar-refractivity contribution in [1.29, 1.82) is 0 Å². The molecule has 4 aromatic heterocycles. The van der Waals surface area contributed by atoms with Gasteiger partial charge in [-0.15, -0.1) is 0 Å². The predicted molar refractivity (Wildman–Crippen MR) is 570 cm³/mol. The van der Waals surface area contributed by atoms with E-state index in [4.69, 9.17) is 39.3 Å². The zero-order valence-electron chi connectivity index (χ0n) is 80.1. The van der Waals surface area contributed by atoms with Gasteiger partial charge in [-0.3, -0.25) is 24.0 Å². The summed E-state index contributed by atoms with van der Waals surface area (Å²) in [5, 5.41) is 31.6. The van der Waals surface area contributed by atoms with E-state index in [-0.39, 0.29) is 111 Å². The van der Waals surface area contributed by atoms with Crippen LogP contribution in [0.5, 0.6) is 0 Å². The highest BCUT2D eigenvalue weighted by molar-refractivity contribution is 9.11. The molecule has 150 heavy (non-hydrogen) atoms. The average Bonchev–Trinajstić information content (AvgIpc) is 1.63. The van der Waals surface area contributed by atoms with Gasteiger partial charge >= 0.3 is 0 Å². The smallest absolute Gasteiger partial charge is 0.250 e. The Bertz CT molecular complexity index is 7490. The van der Waals surface area contributed by atoms with Crippen molar-refractivity contribution in [3.8, 4) is 67.8 Å². The second kappa shape index (κ2) is 43.5. The first-order chi connectivity index (χ1) is 72.6. The van der Waals surface area contributed by atoms with Crippen molar-refractivity contribution in [2.75, 3.05) is 73.9 Å². The first-order valence-electron chi connectivity index (χ1n) is 48.2. The molecule has 4 atom stereocenters. The number of nitrogens with one attached hydrogen (secondary N) is 4. The molecule has 0 radical (unpaired) electrons. The third-order valence-corrected chi connectivity index (χ3v) is 29.0. The van der Waals surface area contributed by atoms with Crippen molar-refractivity contribution < 1.29 is 69.3 Å². The van der Waals surface area contributed by atoms with E-state index in [1.54, 1.807) is 99.1 Å². The molecule has 0 bridgehead atoms. The number of ether oxygens (including phenoxy) is 4. The van der Waals surface area contributed by atoms with E-state index in [0.29, 0.717) is 106 Å². The summed E-state index contributed by atoms with van der Waals surface area (Å²) in [6, 6.07) is 74.2. The van der Waals surface area contributed by atoms with Crippen molar-refractivity contribution in [2.24, 2.45) is 0 Å². The number of amides is 5. The summed E-state index contributed by atoms with van der Waals surface area (Å²) in [7, 11) is 0. The van der Waals surface area contributed by atoms with Crippen LogP contribution >= 0.6 is 63.7 Å². The first kappa shape index (κ1) is 101. The summed E-state index contributed by atoms with van der Waals surface area (Å²) in [4.78, 5) is 70.0. The van der Waals surface area contributed by atoms with Gasteiger partial charge in [-0.05, 0) is 295 Å². The van der Waals surface area contributed by atoms with Crippen LogP contribution in [0.4, 0.5) is 49.1 Å². The van der Waals surface area contributed by atoms with E-state index in [0.717, 1.165) is 127 Å². The number of halogens is 10. The molecule has 4 fully saturated rings. The lowest BCUT2D eigenvalue weighted by molar-refractivity contribution is -0.128. The molecule has 756 valence electrons. The van der Waals surface area contributed by atoms with Gasteiger partial charge < -0.3 is 59.8 Å². The van der Waals surface area contributed by atoms with Crippen molar-refractivity contribution in [1.82, 2.24) is 58.7 Å². The summed E-state index contributed by atoms with van der Waals surface area (Å²) < 4.78 is 119. The van der Waals surface area contributed by atoms with Crippen molar-refractivity contribution in [3.63, 3.8) is 0 Å². The molecule has 16 aromatic rings. The highest BCUT2D eigenvalue weighted by Crippen LogP contribution is 2.44. The lowest BCUT2D eigenvalue weighted by atomic mass is 10.0. The third-order valence-electron chi connectivity index (χ3n) is 26.9. The van der Waals surface area contributed by atoms with Crippen molar-refractivity contribution >= 4 is 116 Å². The molecule has 0 spiro atoms. The Labute approximate surface area is 891 Å². The highest BCUT2D eigenvalue weighted by Gasteiger charge is 2.42. The molecule has 24 rings (SSSR count). The number of nitrogens with zero attached hydrogens (tertiary/aromatic N) is 12. The molecule has 8 aliphatic rings. The standard InChI is InChI=1S/C29H23BrF2N4O2.2C29H24BrFN4O2.C28H21BrF2N4O3/c1-17-12-20-13-19(25(32)14-26(20)33-17)10-11-35-27(37)16-38-29(35)24-15-36(23-8-4-21(30)5-9-23)34-28(24)18-2-6-22(31)7-3-18;2*1-18-14-21-15-19(2-11-26(21)32-18)12-13-34-27(36)17-37-29(34)25-16-35(24-9-5-22(30)6-10-24)33-28(25)20-3-7-23(31)8-4-20;29-19-3-7-21(8-4-19)35-14-22(27(33-35)16-1-5-20(30)6-2-16)28-34(26(37)15-38-28)10-9-17-12-24-18(11-23(17)31)13-25(36)32-24/h2-9,13-15,29,33H,1,10-12,16H2;2*2-11,15-16,29,32H,1,12-14,17H2;1-8,11-12,14,28H,9-10,13,15H2,(H,32,36)/t29-;;;/m1.../s1. The van der Waals surface area contributed by atoms with Gasteiger partial charge in [-0.2, -0.15) is 20.4 Å². The molecular weight excluding hydrogens is 2180 g/mol. The van der Waals surface area contributed by atoms with Crippen LogP contribution in [-0.2, 0) is 94.3 Å². The number of fused-ring (bicyclic) bond motifs is 4. The van der Waals surface area contributed by atoms with Crippen molar-refractivity contribution in [3.05, 3.63) is 436 Å². The van der Waals surface area contributed by atoms with Gasteiger partial charge in [-0.1, -0.05) is 114 Å². The van der Waals surface area contributed by atoms with E-state index < -0.39 is 30.7 Å². The van der Waals surface area contributed by atoms with Gasteiger partial charge in [-0.25, -0.2) is 45.1 Å². The largest absolute Gasteiger partial charge is 0.359 e. The monoisotopic (exact) mass is 2270 g/mol. The first-order valence-corrected chi connectivity index (χ1v) is 51.4. The number of benzene rings is 12. The van der Waals surface area contributed by atoms with Crippen LogP contribution in [0.15, 0.2) is 334 Å². The van der Waals surface area contributed by atoms with E-state index >= 15 is 0 Å². The fraction of sp³-hybridized carbons (Fsp3) is 0.174. The summed E-state index contributed by atoms with van der Waals surface area (Å²) >= 11 is 13.8. The normalized spacial score (nSPS) is 16.8. The van der Waals surface area contributed by atoms with Crippen molar-refractivity contribution in [2.45, 2.75) is 76.3 Å². The molecule has 3 unspecified atom stereocenters. The Balaban J connectivity index is 0.000000117. The maximum Gasteiger partial charge on any atom is 0.250 e. The highest BCUT2D eigenvalue weighted by atomic mass is 79.9. The molecule has 35 heteroatoms. The van der Waals surface area contributed by atoms with Gasteiger partial charge in [0, 0.05) is 172 Å². The number of anilines is 4. The Morgan fingerprint density at radius 1 is 0.293 bits per heavy atom. The number of carbonyl (C=O) groups is 5. The van der Waals surface area contributed by atoms with Crippen LogP contribution in [0, 0.1) is 34.9 Å². The van der Waals surface area contributed by atoms with E-state index in [1.165, 1.54) is 71.8 Å². The molecule has 4 saturated heterocycles. The predicted octanol–water partition coefficient (Wildman–Crippen LogP) is 23.4. The molecule has 4 N–H and O–H groups in total. The lowest BCUT2D eigenvalue weighted by Gasteiger charge is -2.23. The number of rotatable bonds is 24. The van der Waals surface area contributed by atoms with E-state index in [1.807, 2.05) is 122 Å². The summed E-state index contributed by atoms with van der Waals surface area (Å²) in [5.74, 6) is -2.83. The SMILES string of the molecule is C=C1Cc2cc(CCN3C(=O)COC3c3cn(-c4ccc(Br)cc4)nc3-c3ccc(F)cc3)ccc2N1.C=C1Cc2cc(CCN3C(=O)COC3c3cn(-c4ccc(Br)cc4)nc3-c3ccc(F)cc3)ccc2N1.C=C1Cc2cc(CCN3C(=O)CO[C@@H]3c3cn(-c4ccc(Br)cc4)nc3-c3ccc(F)cc3)c(F)cc2N1.O=C1Cc2cc(F)c(CCN3C(=O)COC3c3cn(-c4ccc(Br)cc4)nc3-c3ccc(F)cc3)cc2N1. The maximum atomic E-state index is 14.8. The summed E-state index contributed by atoms with van der Waals surface area (Å²) in [6.07, 6.45) is 9.12. The molecule has 0 aliphatic carbocycles. The molecule has 12 aromatic carbocycles. The molecule has 8 aliphatic heterocycles. The third kappa shape index (κ3) is 22.1. The molecule has 12 heterocycles. The van der Waals surface area contributed by atoms with Crippen LogP contribution in [0.2, 0.25) is 0 Å². The van der Waals surface area contributed by atoms with Crippen LogP contribution in [0.1, 0.15) is 91.7 Å². The summed E-state index contributed by atoms with van der Waals surface area (Å²) in [5.41, 5.74) is 25.0. The zero-order chi connectivity index (χ0) is 104. The summed E-state index contributed by atoms with van der Waals surface area (Å²) in [6.45, 7) is 13.2. The van der Waals surface area contributed by atoms with Crippen LogP contribution in [0.3, 0.4) is 0 Å². The fourth-order valence-electron chi connectivity index (χ4n) is 19.4. The van der Waals surface area contributed by atoms with Gasteiger partial charge in [0.1, 0.15) is 84.1 Å². The van der Waals surface area contributed by atoms with Gasteiger partial charge in [0.25, 0.3) is 23.6 Å². The Hall–Kier alpha value is -15.2. The molecular formula is C115H92Br4F6N16O9. The van der Waals surface area contributed by atoms with E-state index in [2.05, 4.69) is 141 Å². The topological polar surface area (TPSA) is 255 Å². The fourth-order valence-corrected chi connectivity index (χ4v) is 20.5. The second-order valence-corrected chi connectivity index (χ2v) is 40.7. The molecule has 0 saturated carbocycles. The number of carbonyl (C=O) groups excluding carboxylic acids is 5. The van der Waals surface area contributed by atoms with Crippen LogP contribution in [0.25, 0.3) is 67.8 Å². The van der Waals surface area contributed by atoms with Gasteiger partial charge in [0.15, 0.2) is 24.9 Å². The molecule has 5 amide bonds. The average molecular weight is 2280 g/mol. The Kier molecular flexibility index (Phi) is 29.2. The van der Waals surface area contributed by atoms with Gasteiger partial charge in [0.2, 0.25) is 5.91 Å². The Morgan fingerprint density at radius 2 is 0.560 bits per heavy atom. The number of hydrogen-bond acceptors (Lipinski definition) is 16. The minimum atomic E-state index is -0.760. The minimum Gasteiger partial charge on any atom is -0.359 e. The number of hydrogen-bond donors (Lipinski definition) is 4. The van der Waals surface area contributed by atoms with Crippen LogP contribution in [-0.4, -0.2) is 141 Å². The second-order valence-electron chi connectivity index (χ2n) is 37.1.